The van der Waals surface area contributed by atoms with E-state index < -0.39 is 0 Å². The van der Waals surface area contributed by atoms with Crippen molar-refractivity contribution in [3.63, 3.8) is 0 Å². The summed E-state index contributed by atoms with van der Waals surface area (Å²) in [7, 11) is 0. The van der Waals surface area contributed by atoms with Crippen LogP contribution in [0.3, 0.4) is 0 Å². The van der Waals surface area contributed by atoms with Gasteiger partial charge >= 0.3 is 5.97 Å². The average Bonchev–Trinajstić information content (AvgIpc) is 2.91. The summed E-state index contributed by atoms with van der Waals surface area (Å²) in [5.41, 5.74) is 3.39. The van der Waals surface area contributed by atoms with Crippen LogP contribution in [0.2, 0.25) is 0 Å². The summed E-state index contributed by atoms with van der Waals surface area (Å²) in [5.74, 6) is 1.08. The summed E-state index contributed by atoms with van der Waals surface area (Å²) in [4.78, 5) is 24.2. The Morgan fingerprint density at radius 3 is 2.50 bits per heavy atom. The van der Waals surface area contributed by atoms with Gasteiger partial charge in [0, 0.05) is 12.5 Å². The third-order valence-corrected chi connectivity index (χ3v) is 4.36. The molecule has 0 saturated carbocycles. The molecule has 0 amide bonds. The molecule has 4 nitrogen and oxygen atoms in total. The maximum Gasteiger partial charge on any atom is 0.310 e. The van der Waals surface area contributed by atoms with Crippen LogP contribution in [-0.4, -0.2) is 11.8 Å². The van der Waals surface area contributed by atoms with Crippen LogP contribution in [0.15, 0.2) is 42.2 Å². The van der Waals surface area contributed by atoms with Crippen LogP contribution in [0, 0.1) is 6.92 Å². The minimum Gasteiger partial charge on any atom is -0.452 e. The van der Waals surface area contributed by atoms with E-state index >= 15 is 0 Å². The van der Waals surface area contributed by atoms with E-state index in [0.717, 1.165) is 11.1 Å². The molecule has 134 valence electrons. The summed E-state index contributed by atoms with van der Waals surface area (Å²) in [6.07, 6.45) is 2.02. The Hall–Kier alpha value is -2.88. The number of allylic oxidation sites excluding steroid dienone is 1. The highest BCUT2D eigenvalue weighted by atomic mass is 16.5. The van der Waals surface area contributed by atoms with Gasteiger partial charge in [-0.05, 0) is 41.7 Å². The molecule has 26 heavy (non-hydrogen) atoms. The monoisotopic (exact) mass is 350 g/mol. The lowest BCUT2D eigenvalue weighted by Gasteiger charge is -2.06. The van der Waals surface area contributed by atoms with Gasteiger partial charge in [0.15, 0.2) is 5.76 Å². The second kappa shape index (κ2) is 7.16. The molecule has 0 aliphatic carbocycles. The number of benzene rings is 2. The van der Waals surface area contributed by atoms with Crippen molar-refractivity contribution in [3.8, 4) is 11.5 Å². The molecule has 0 spiro atoms. The number of rotatable bonds is 4. The highest BCUT2D eigenvalue weighted by molar-refractivity contribution is 6.15. The van der Waals surface area contributed by atoms with E-state index in [2.05, 4.69) is 26.0 Å². The van der Waals surface area contributed by atoms with Crippen LogP contribution in [-0.2, 0) is 4.79 Å². The van der Waals surface area contributed by atoms with Crippen molar-refractivity contribution < 1.29 is 19.1 Å². The molecule has 0 atom stereocenters. The Balaban J connectivity index is 1.89. The van der Waals surface area contributed by atoms with Crippen molar-refractivity contribution in [3.05, 3.63) is 64.4 Å². The molecular formula is C22H22O4. The Morgan fingerprint density at radius 2 is 1.88 bits per heavy atom. The molecule has 4 heteroatoms. The highest BCUT2D eigenvalue weighted by Gasteiger charge is 2.30. The Kier molecular flexibility index (Phi) is 4.94. The summed E-state index contributed by atoms with van der Waals surface area (Å²) in [5, 5.41) is 0. The normalized spacial score (nSPS) is 14.5. The van der Waals surface area contributed by atoms with E-state index in [1.807, 2.05) is 19.1 Å². The maximum absolute atomic E-state index is 12.7. The number of carbonyl (C=O) groups is 2. The molecule has 1 aliphatic heterocycles. The van der Waals surface area contributed by atoms with Crippen molar-refractivity contribution in [2.45, 2.75) is 40.0 Å². The second-order valence-electron chi connectivity index (χ2n) is 6.70. The predicted octanol–water partition coefficient (Wildman–Crippen LogP) is 5.05. The minimum absolute atomic E-state index is 0.154. The summed E-state index contributed by atoms with van der Waals surface area (Å²) in [6, 6.07) is 11.3. The zero-order valence-electron chi connectivity index (χ0n) is 15.5. The van der Waals surface area contributed by atoms with Crippen molar-refractivity contribution in [1.82, 2.24) is 0 Å². The number of hydrogen-bond acceptors (Lipinski definition) is 4. The van der Waals surface area contributed by atoms with Crippen molar-refractivity contribution >= 4 is 17.8 Å². The molecule has 2 aromatic carbocycles. The lowest BCUT2D eigenvalue weighted by molar-refractivity contribution is -0.134. The van der Waals surface area contributed by atoms with Crippen molar-refractivity contribution in [1.29, 1.82) is 0 Å². The number of aryl methyl sites for hydroxylation is 1. The molecule has 0 aromatic heterocycles. The van der Waals surface area contributed by atoms with Gasteiger partial charge in [-0.2, -0.15) is 0 Å². The van der Waals surface area contributed by atoms with Gasteiger partial charge in [0.25, 0.3) is 0 Å². The first-order chi connectivity index (χ1) is 12.4. The van der Waals surface area contributed by atoms with E-state index in [-0.39, 0.29) is 23.9 Å². The number of ether oxygens (including phenoxy) is 2. The first-order valence-corrected chi connectivity index (χ1v) is 8.78. The number of Topliss-reactive ketones (excluding diaryl/α,β-unsaturated/α-hetero) is 1. The molecule has 0 bridgehead atoms. The molecule has 3 rings (SSSR count). The molecule has 2 aromatic rings. The SMILES string of the molecule is CCC(=O)Oc1cc(C)c2c(c1)O/C(=C\c1ccc(C(C)C)cc1)C2=O. The highest BCUT2D eigenvalue weighted by Crippen LogP contribution is 2.37. The molecule has 1 heterocycles. The topological polar surface area (TPSA) is 52.6 Å². The van der Waals surface area contributed by atoms with Crippen LogP contribution in [0.5, 0.6) is 11.5 Å². The Bertz CT molecular complexity index is 889. The largest absolute Gasteiger partial charge is 0.452 e. The molecule has 0 N–H and O–H groups in total. The molecular weight excluding hydrogens is 328 g/mol. The zero-order valence-corrected chi connectivity index (χ0v) is 15.5. The fourth-order valence-corrected chi connectivity index (χ4v) is 2.87. The second-order valence-corrected chi connectivity index (χ2v) is 6.70. The first kappa shape index (κ1) is 17.9. The first-order valence-electron chi connectivity index (χ1n) is 8.78. The molecule has 0 fully saturated rings. The number of esters is 1. The molecule has 0 radical (unpaired) electrons. The Labute approximate surface area is 153 Å². The van der Waals surface area contributed by atoms with Crippen LogP contribution < -0.4 is 9.47 Å². The third kappa shape index (κ3) is 3.54. The van der Waals surface area contributed by atoms with Gasteiger partial charge in [-0.1, -0.05) is 45.0 Å². The van der Waals surface area contributed by atoms with E-state index in [1.54, 1.807) is 25.1 Å². The van der Waals surface area contributed by atoms with Gasteiger partial charge in [-0.15, -0.1) is 0 Å². The fourth-order valence-electron chi connectivity index (χ4n) is 2.87. The number of hydrogen-bond donors (Lipinski definition) is 0. The Morgan fingerprint density at radius 1 is 1.19 bits per heavy atom. The van der Waals surface area contributed by atoms with Crippen LogP contribution in [0.4, 0.5) is 0 Å². The minimum atomic E-state index is -0.324. The number of carbonyl (C=O) groups excluding carboxylic acids is 2. The van der Waals surface area contributed by atoms with E-state index in [0.29, 0.717) is 23.0 Å². The van der Waals surface area contributed by atoms with Gasteiger partial charge < -0.3 is 9.47 Å². The van der Waals surface area contributed by atoms with Gasteiger partial charge in [0.05, 0.1) is 5.56 Å². The van der Waals surface area contributed by atoms with Crippen LogP contribution in [0.1, 0.15) is 60.2 Å². The van der Waals surface area contributed by atoms with E-state index in [1.165, 1.54) is 5.56 Å². The predicted molar refractivity (Wildman–Crippen MR) is 101 cm³/mol. The van der Waals surface area contributed by atoms with Crippen LogP contribution >= 0.6 is 0 Å². The van der Waals surface area contributed by atoms with Gasteiger partial charge in [-0.3, -0.25) is 9.59 Å². The van der Waals surface area contributed by atoms with Gasteiger partial charge in [-0.25, -0.2) is 0 Å². The fraction of sp³-hybridized carbons (Fsp3) is 0.273. The van der Waals surface area contributed by atoms with Gasteiger partial charge in [0.2, 0.25) is 5.78 Å². The number of ketones is 1. The van der Waals surface area contributed by atoms with Crippen LogP contribution in [0.25, 0.3) is 6.08 Å². The quantitative estimate of drug-likeness (QED) is 0.440. The van der Waals surface area contributed by atoms with Crippen molar-refractivity contribution in [2.75, 3.05) is 0 Å². The lowest BCUT2D eigenvalue weighted by Crippen LogP contribution is -2.06. The van der Waals surface area contributed by atoms with E-state index in [9.17, 15) is 9.59 Å². The van der Waals surface area contributed by atoms with E-state index in [4.69, 9.17) is 9.47 Å². The molecule has 0 unspecified atom stereocenters. The smallest absolute Gasteiger partial charge is 0.310 e. The summed E-state index contributed by atoms with van der Waals surface area (Å²) in [6.45, 7) is 7.82. The average molecular weight is 350 g/mol. The molecule has 0 saturated heterocycles. The maximum atomic E-state index is 12.7. The van der Waals surface area contributed by atoms with Gasteiger partial charge in [0.1, 0.15) is 11.5 Å². The number of fused-ring (bicyclic) bond motifs is 1. The molecule has 1 aliphatic rings. The summed E-state index contributed by atoms with van der Waals surface area (Å²) >= 11 is 0. The standard InChI is InChI=1S/C22H22O4/c1-5-20(23)25-17-10-14(4)21-18(12-17)26-19(22(21)24)11-15-6-8-16(9-7-15)13(2)3/h6-13H,5H2,1-4H3/b19-11-. The lowest BCUT2D eigenvalue weighted by atomic mass is 10.0. The third-order valence-electron chi connectivity index (χ3n) is 4.36. The van der Waals surface area contributed by atoms with Crippen molar-refractivity contribution in [2.24, 2.45) is 0 Å². The zero-order chi connectivity index (χ0) is 18.8. The summed E-state index contributed by atoms with van der Waals surface area (Å²) < 4.78 is 11.0.